The summed E-state index contributed by atoms with van der Waals surface area (Å²) >= 11 is 0. The van der Waals surface area contributed by atoms with Gasteiger partial charge in [0, 0.05) is 12.8 Å². The molecular weight excluding hydrogens is 887 g/mol. The summed E-state index contributed by atoms with van der Waals surface area (Å²) in [6, 6.07) is 0. The van der Waals surface area contributed by atoms with E-state index in [1.54, 1.807) is 0 Å². The van der Waals surface area contributed by atoms with Crippen LogP contribution in [0.1, 0.15) is 271 Å². The van der Waals surface area contributed by atoms with Crippen LogP contribution in [0.4, 0.5) is 0 Å². The summed E-state index contributed by atoms with van der Waals surface area (Å²) in [6.45, 7) is 4.66. The average molecular weight is 1000 g/mol. The van der Waals surface area contributed by atoms with Crippen LogP contribution in [0.5, 0.6) is 0 Å². The predicted molar refractivity (Wildman–Crippen MR) is 297 cm³/mol. The number of rotatable bonds is 55. The third kappa shape index (κ3) is 54.9. The number of carboxylic acid groups (broad SMARTS) is 1. The fraction of sp³-hybridized carbons (Fsp3) is 0.823. The van der Waals surface area contributed by atoms with Crippen LogP contribution >= 0.6 is 0 Å². The van der Waals surface area contributed by atoms with E-state index in [0.29, 0.717) is 23.9 Å². The Morgan fingerprint density at radius 2 is 0.803 bits per heavy atom. The lowest BCUT2D eigenvalue weighted by atomic mass is 10.0. The monoisotopic (exact) mass is 1000 g/mol. The van der Waals surface area contributed by atoms with Gasteiger partial charge in [0.05, 0.1) is 40.3 Å². The molecule has 0 bridgehead atoms. The van der Waals surface area contributed by atoms with Crippen LogP contribution in [-0.4, -0.2) is 82.3 Å². The van der Waals surface area contributed by atoms with Crippen molar-refractivity contribution >= 4 is 17.9 Å². The first-order valence-corrected chi connectivity index (χ1v) is 29.8. The van der Waals surface area contributed by atoms with E-state index in [9.17, 15) is 19.5 Å². The number of unbranched alkanes of at least 4 members (excludes halogenated alkanes) is 32. The molecule has 0 fully saturated rings. The molecular formula is C62H113NO8. The highest BCUT2D eigenvalue weighted by Gasteiger charge is 2.22. The summed E-state index contributed by atoms with van der Waals surface area (Å²) in [5, 5.41) is 11.8. The zero-order valence-corrected chi connectivity index (χ0v) is 47.1. The predicted octanol–water partition coefficient (Wildman–Crippen LogP) is 16.1. The van der Waals surface area contributed by atoms with Gasteiger partial charge in [-0.3, -0.25) is 9.59 Å². The number of carbonyl (C=O) groups excluding carboxylic acids is 3. The van der Waals surface area contributed by atoms with E-state index >= 15 is 0 Å². The lowest BCUT2D eigenvalue weighted by Crippen LogP contribution is -2.44. The molecule has 0 aromatic rings. The van der Waals surface area contributed by atoms with Gasteiger partial charge >= 0.3 is 11.9 Å². The van der Waals surface area contributed by atoms with Gasteiger partial charge in [-0.05, 0) is 51.4 Å². The quantitative estimate of drug-likeness (QED) is 0.0195. The lowest BCUT2D eigenvalue weighted by molar-refractivity contribution is -0.870. The van der Waals surface area contributed by atoms with E-state index in [4.69, 9.17) is 18.9 Å². The van der Waals surface area contributed by atoms with Crippen molar-refractivity contribution in [1.82, 2.24) is 0 Å². The Kier molecular flexibility index (Phi) is 51.5. The number of carboxylic acids is 1. The highest BCUT2D eigenvalue weighted by Crippen LogP contribution is 2.17. The highest BCUT2D eigenvalue weighted by molar-refractivity contribution is 5.70. The number of nitrogens with zero attached hydrogens (tertiary/aromatic N) is 1. The van der Waals surface area contributed by atoms with Crippen molar-refractivity contribution < 1.29 is 42.9 Å². The van der Waals surface area contributed by atoms with Crippen molar-refractivity contribution in [3.8, 4) is 0 Å². The minimum atomic E-state index is -1.62. The van der Waals surface area contributed by atoms with Crippen LogP contribution < -0.4 is 5.11 Å². The van der Waals surface area contributed by atoms with E-state index in [1.807, 2.05) is 21.1 Å². The topological polar surface area (TPSA) is 111 Å². The number of likely N-dealkylation sites (N-methyl/N-ethyl adjacent to an activating group) is 1. The summed E-state index contributed by atoms with van der Waals surface area (Å²) in [6.07, 6.45) is 63.1. The van der Waals surface area contributed by atoms with Crippen molar-refractivity contribution in [2.24, 2.45) is 0 Å². The first kappa shape index (κ1) is 68.2. The van der Waals surface area contributed by atoms with Crippen LogP contribution in [0.15, 0.2) is 48.6 Å². The van der Waals surface area contributed by atoms with Gasteiger partial charge < -0.3 is 33.3 Å². The summed E-state index contributed by atoms with van der Waals surface area (Å²) < 4.78 is 22.7. The molecule has 0 radical (unpaired) electrons. The Bertz CT molecular complexity index is 1300. The molecule has 0 aromatic heterocycles. The number of ether oxygens (including phenoxy) is 4. The van der Waals surface area contributed by atoms with E-state index in [-0.39, 0.29) is 32.2 Å². The normalized spacial score (nSPS) is 13.1. The van der Waals surface area contributed by atoms with Gasteiger partial charge in [-0.15, -0.1) is 0 Å². The smallest absolute Gasteiger partial charge is 0.306 e. The van der Waals surface area contributed by atoms with E-state index in [2.05, 4.69) is 62.5 Å². The molecule has 0 aromatic carbocycles. The second-order valence-corrected chi connectivity index (χ2v) is 21.3. The van der Waals surface area contributed by atoms with Crippen molar-refractivity contribution in [2.75, 3.05) is 47.5 Å². The number of hydrogen-bond donors (Lipinski definition) is 0. The summed E-state index contributed by atoms with van der Waals surface area (Å²) in [7, 11) is 5.92. The Morgan fingerprint density at radius 1 is 0.437 bits per heavy atom. The number of allylic oxidation sites excluding steroid dienone is 8. The maximum Gasteiger partial charge on any atom is 0.306 e. The molecule has 2 unspecified atom stereocenters. The molecule has 0 aliphatic carbocycles. The third-order valence-corrected chi connectivity index (χ3v) is 13.1. The van der Waals surface area contributed by atoms with Gasteiger partial charge in [0.2, 0.25) is 0 Å². The molecule has 2 atom stereocenters. The van der Waals surface area contributed by atoms with Crippen molar-refractivity contribution in [1.29, 1.82) is 0 Å². The molecule has 0 spiro atoms. The minimum Gasteiger partial charge on any atom is -0.545 e. The van der Waals surface area contributed by atoms with Crippen LogP contribution in [-0.2, 0) is 33.3 Å². The van der Waals surface area contributed by atoms with Gasteiger partial charge in [0.15, 0.2) is 12.4 Å². The number of quaternary nitrogens is 1. The molecule has 414 valence electrons. The summed E-state index contributed by atoms with van der Waals surface area (Å²) in [5.74, 6) is -2.28. The Hall–Kier alpha value is -2.75. The van der Waals surface area contributed by atoms with Crippen LogP contribution in [0.3, 0.4) is 0 Å². The Labute approximate surface area is 438 Å². The van der Waals surface area contributed by atoms with Gasteiger partial charge in [-0.25, -0.2) is 0 Å². The molecule has 0 aliphatic rings. The SMILES string of the molecule is CC/C=C\C/C=C\C/C=C\C/C=C\CCCCCCCCCCC(=O)OC(COC(=O)CCCCCCCCCCCCCCCCCCCCCCCCCCC)COC(OCC[N+](C)(C)C)C(=O)[O-]. The van der Waals surface area contributed by atoms with E-state index in [1.165, 1.54) is 167 Å². The standard InChI is InChI=1S/C62H113NO8/c1-6-8-10-12-14-16-18-20-22-24-26-28-29-30-31-33-34-36-38-40-42-44-46-48-50-52-59(64)69-56-58(57-70-62(61(66)67)68-55-54-63(3,4)5)71-60(65)53-51-49-47-45-43-41-39-37-35-32-27-25-23-21-19-17-15-13-11-9-7-2/h9,11,15,17,21,23,27,32,58,62H,6-8,10,12-14,16,18-20,22,24-26,28-31,33-57H2,1-5H3/b11-9-,17-15-,23-21-,32-27-. The Morgan fingerprint density at radius 3 is 1.20 bits per heavy atom. The zero-order chi connectivity index (χ0) is 52.0. The maximum atomic E-state index is 12.9. The molecule has 0 aliphatic heterocycles. The number of aliphatic carboxylic acids is 1. The van der Waals surface area contributed by atoms with Crippen molar-refractivity contribution in [3.63, 3.8) is 0 Å². The largest absolute Gasteiger partial charge is 0.545 e. The number of esters is 2. The molecule has 0 saturated heterocycles. The molecule has 0 amide bonds. The molecule has 9 nitrogen and oxygen atoms in total. The highest BCUT2D eigenvalue weighted by atomic mass is 16.7. The molecule has 0 heterocycles. The first-order chi connectivity index (χ1) is 34.6. The fourth-order valence-electron chi connectivity index (χ4n) is 8.53. The maximum absolute atomic E-state index is 12.9. The van der Waals surface area contributed by atoms with Gasteiger partial charge in [0.1, 0.15) is 13.2 Å². The summed E-state index contributed by atoms with van der Waals surface area (Å²) in [5.41, 5.74) is 0. The molecule has 9 heteroatoms. The van der Waals surface area contributed by atoms with Crippen LogP contribution in [0.25, 0.3) is 0 Å². The first-order valence-electron chi connectivity index (χ1n) is 29.8. The van der Waals surface area contributed by atoms with Gasteiger partial charge in [0.25, 0.3) is 0 Å². The van der Waals surface area contributed by atoms with Crippen molar-refractivity contribution in [2.45, 2.75) is 283 Å². The number of carbonyl (C=O) groups is 3. The molecule has 0 saturated carbocycles. The van der Waals surface area contributed by atoms with E-state index in [0.717, 1.165) is 70.6 Å². The number of hydrogen-bond acceptors (Lipinski definition) is 8. The second-order valence-electron chi connectivity index (χ2n) is 21.3. The van der Waals surface area contributed by atoms with Crippen LogP contribution in [0.2, 0.25) is 0 Å². The minimum absolute atomic E-state index is 0.146. The van der Waals surface area contributed by atoms with Gasteiger partial charge in [-0.2, -0.15) is 0 Å². The van der Waals surface area contributed by atoms with Gasteiger partial charge in [-0.1, -0.05) is 255 Å². The molecule has 71 heavy (non-hydrogen) atoms. The molecule has 0 rings (SSSR count). The zero-order valence-electron chi connectivity index (χ0n) is 47.1. The Balaban J connectivity index is 4.20. The second kappa shape index (κ2) is 53.5. The molecule has 0 N–H and O–H groups in total. The lowest BCUT2D eigenvalue weighted by Gasteiger charge is -2.26. The third-order valence-electron chi connectivity index (χ3n) is 13.1. The van der Waals surface area contributed by atoms with Crippen molar-refractivity contribution in [3.05, 3.63) is 48.6 Å². The average Bonchev–Trinajstić information content (AvgIpc) is 3.34. The summed E-state index contributed by atoms with van der Waals surface area (Å²) in [4.78, 5) is 37.3. The van der Waals surface area contributed by atoms with E-state index < -0.39 is 24.3 Å². The van der Waals surface area contributed by atoms with Crippen LogP contribution in [0, 0.1) is 0 Å². The fourth-order valence-corrected chi connectivity index (χ4v) is 8.53.